The van der Waals surface area contributed by atoms with Crippen LogP contribution in [0.15, 0.2) is 52.5 Å². The van der Waals surface area contributed by atoms with Crippen molar-refractivity contribution in [3.63, 3.8) is 0 Å². The zero-order chi connectivity index (χ0) is 18.6. The van der Waals surface area contributed by atoms with Crippen LogP contribution in [-0.2, 0) is 15.8 Å². The molecule has 7 heteroatoms. The van der Waals surface area contributed by atoms with E-state index in [2.05, 4.69) is 4.98 Å². The first-order chi connectivity index (χ1) is 12.5. The number of pyridine rings is 1. The van der Waals surface area contributed by atoms with Gasteiger partial charge in [0, 0.05) is 25.0 Å². The lowest BCUT2D eigenvalue weighted by Gasteiger charge is -2.30. The number of sulfonamides is 1. The van der Waals surface area contributed by atoms with Crippen LogP contribution in [0.1, 0.15) is 37.7 Å². The first kappa shape index (κ1) is 19.3. The second kappa shape index (κ2) is 8.50. The lowest BCUT2D eigenvalue weighted by Crippen LogP contribution is -2.38. The third kappa shape index (κ3) is 4.45. The van der Waals surface area contributed by atoms with Crippen LogP contribution in [0.3, 0.4) is 0 Å². The fourth-order valence-electron chi connectivity index (χ4n) is 3.18. The lowest BCUT2D eigenvalue weighted by atomic mass is 9.96. The van der Waals surface area contributed by atoms with Crippen LogP contribution in [0, 0.1) is 5.82 Å². The molecule has 0 unspecified atom stereocenters. The normalized spacial score (nSPS) is 16.1. The topological polar surface area (TPSA) is 50.3 Å². The van der Waals surface area contributed by atoms with E-state index >= 15 is 0 Å². The number of nitrogens with zero attached hydrogens (tertiary/aromatic N) is 2. The number of thioether (sulfide) groups is 1. The Morgan fingerprint density at radius 2 is 1.88 bits per heavy atom. The van der Waals surface area contributed by atoms with Gasteiger partial charge in [0.25, 0.3) is 0 Å². The Morgan fingerprint density at radius 3 is 2.54 bits per heavy atom. The number of hydrogen-bond acceptors (Lipinski definition) is 4. The minimum atomic E-state index is -3.53. The molecule has 1 fully saturated rings. The van der Waals surface area contributed by atoms with Gasteiger partial charge in [-0.2, -0.15) is 4.31 Å². The summed E-state index contributed by atoms with van der Waals surface area (Å²) in [5, 5.41) is 0.674. The van der Waals surface area contributed by atoms with Crippen LogP contribution >= 0.6 is 11.8 Å². The summed E-state index contributed by atoms with van der Waals surface area (Å²) in [5.74, 6) is 0.210. The summed E-state index contributed by atoms with van der Waals surface area (Å²) in [5.41, 5.74) is 0.605. The molecule has 3 rings (SSSR count). The SMILES string of the molecule is CN(C1CCCCC1)S(=O)(=O)c1ccc(SCc2ccccc2F)nc1. The monoisotopic (exact) mass is 394 g/mol. The molecule has 0 atom stereocenters. The molecule has 0 N–H and O–H groups in total. The van der Waals surface area contributed by atoms with Crippen LogP contribution < -0.4 is 0 Å². The van der Waals surface area contributed by atoms with E-state index in [0.29, 0.717) is 16.3 Å². The molecule has 0 bridgehead atoms. The van der Waals surface area contributed by atoms with E-state index in [9.17, 15) is 12.8 Å². The molecule has 140 valence electrons. The molecule has 0 aliphatic heterocycles. The first-order valence-corrected chi connectivity index (χ1v) is 11.2. The average molecular weight is 395 g/mol. The number of aromatic nitrogens is 1. The fraction of sp³-hybridized carbons (Fsp3) is 0.421. The van der Waals surface area contributed by atoms with Gasteiger partial charge in [-0.15, -0.1) is 11.8 Å². The zero-order valence-electron chi connectivity index (χ0n) is 14.8. The minimum Gasteiger partial charge on any atom is -0.249 e. The average Bonchev–Trinajstić information content (AvgIpc) is 2.68. The highest BCUT2D eigenvalue weighted by Gasteiger charge is 2.29. The van der Waals surface area contributed by atoms with Gasteiger partial charge in [-0.1, -0.05) is 37.5 Å². The van der Waals surface area contributed by atoms with Gasteiger partial charge in [-0.05, 0) is 36.6 Å². The number of rotatable bonds is 6. The molecule has 1 aliphatic carbocycles. The van der Waals surface area contributed by atoms with Crippen molar-refractivity contribution < 1.29 is 12.8 Å². The molecule has 0 amide bonds. The van der Waals surface area contributed by atoms with Crippen LogP contribution in [0.5, 0.6) is 0 Å². The van der Waals surface area contributed by atoms with Crippen molar-refractivity contribution in [2.24, 2.45) is 0 Å². The van der Waals surface area contributed by atoms with E-state index in [1.165, 1.54) is 34.8 Å². The predicted octanol–water partition coefficient (Wildman–Crippen LogP) is 4.47. The molecule has 1 aromatic heterocycles. The third-order valence-corrected chi connectivity index (χ3v) is 7.69. The van der Waals surface area contributed by atoms with E-state index in [1.807, 2.05) is 0 Å². The smallest absolute Gasteiger partial charge is 0.244 e. The fourth-order valence-corrected chi connectivity index (χ4v) is 5.37. The highest BCUT2D eigenvalue weighted by Crippen LogP contribution is 2.27. The van der Waals surface area contributed by atoms with Crippen molar-refractivity contribution >= 4 is 21.8 Å². The minimum absolute atomic E-state index is 0.0730. The number of halogens is 1. The predicted molar refractivity (Wildman–Crippen MR) is 102 cm³/mol. The Balaban J connectivity index is 1.67. The van der Waals surface area contributed by atoms with Gasteiger partial charge in [0.2, 0.25) is 10.0 Å². The van der Waals surface area contributed by atoms with Gasteiger partial charge in [-0.25, -0.2) is 17.8 Å². The number of benzene rings is 1. The summed E-state index contributed by atoms with van der Waals surface area (Å²) in [6.45, 7) is 0. The van der Waals surface area contributed by atoms with Crippen LogP contribution in [-0.4, -0.2) is 30.8 Å². The Kier molecular flexibility index (Phi) is 6.32. The van der Waals surface area contributed by atoms with Crippen molar-refractivity contribution in [3.05, 3.63) is 54.0 Å². The third-order valence-electron chi connectivity index (χ3n) is 4.81. The highest BCUT2D eigenvalue weighted by atomic mass is 32.2. The molecular weight excluding hydrogens is 371 g/mol. The van der Waals surface area contributed by atoms with Gasteiger partial charge < -0.3 is 0 Å². The Morgan fingerprint density at radius 1 is 1.15 bits per heavy atom. The zero-order valence-corrected chi connectivity index (χ0v) is 16.4. The van der Waals surface area contributed by atoms with Crippen LogP contribution in [0.2, 0.25) is 0 Å². The summed E-state index contributed by atoms with van der Waals surface area (Å²) in [6, 6.07) is 9.97. The maximum atomic E-state index is 13.7. The maximum absolute atomic E-state index is 13.7. The summed E-state index contributed by atoms with van der Waals surface area (Å²) < 4.78 is 40.7. The quantitative estimate of drug-likeness (QED) is 0.679. The molecule has 1 heterocycles. The molecule has 1 aromatic carbocycles. The molecule has 0 radical (unpaired) electrons. The summed E-state index contributed by atoms with van der Waals surface area (Å²) >= 11 is 1.38. The van der Waals surface area contributed by atoms with E-state index in [0.717, 1.165) is 25.7 Å². The van der Waals surface area contributed by atoms with Gasteiger partial charge in [0.1, 0.15) is 10.7 Å². The molecule has 4 nitrogen and oxygen atoms in total. The van der Waals surface area contributed by atoms with Crippen LogP contribution in [0.25, 0.3) is 0 Å². The standard InChI is InChI=1S/C19H23FN2O2S2/c1-22(16-8-3-2-4-9-16)26(23,24)17-11-12-19(21-13-17)25-14-15-7-5-6-10-18(15)20/h5-7,10-13,16H,2-4,8-9,14H2,1H3. The van der Waals surface area contributed by atoms with Crippen LogP contribution in [0.4, 0.5) is 4.39 Å². The molecule has 1 saturated carbocycles. The Bertz CT molecular complexity index is 835. The largest absolute Gasteiger partial charge is 0.249 e. The second-order valence-electron chi connectivity index (χ2n) is 6.53. The van der Waals surface area contributed by atoms with Gasteiger partial charge in [0.05, 0.1) is 5.03 Å². The van der Waals surface area contributed by atoms with Gasteiger partial charge in [0.15, 0.2) is 0 Å². The maximum Gasteiger partial charge on any atom is 0.244 e. The first-order valence-electron chi connectivity index (χ1n) is 8.79. The van der Waals surface area contributed by atoms with E-state index in [1.54, 1.807) is 37.4 Å². The molecular formula is C19H23FN2O2S2. The van der Waals surface area contributed by atoms with E-state index < -0.39 is 10.0 Å². The summed E-state index contributed by atoms with van der Waals surface area (Å²) in [4.78, 5) is 4.46. The molecule has 0 saturated heterocycles. The molecule has 0 spiro atoms. The van der Waals surface area contributed by atoms with Crippen molar-refractivity contribution in [2.75, 3.05) is 7.05 Å². The van der Waals surface area contributed by atoms with Gasteiger partial charge >= 0.3 is 0 Å². The molecule has 26 heavy (non-hydrogen) atoms. The van der Waals surface area contributed by atoms with Crippen molar-refractivity contribution in [2.45, 2.75) is 53.8 Å². The Hall–Kier alpha value is -1.44. The van der Waals surface area contributed by atoms with E-state index in [4.69, 9.17) is 0 Å². The second-order valence-corrected chi connectivity index (χ2v) is 9.52. The van der Waals surface area contributed by atoms with E-state index in [-0.39, 0.29) is 16.8 Å². The number of hydrogen-bond donors (Lipinski definition) is 0. The lowest BCUT2D eigenvalue weighted by molar-refractivity contribution is 0.285. The van der Waals surface area contributed by atoms with Crippen molar-refractivity contribution in [3.8, 4) is 0 Å². The van der Waals surface area contributed by atoms with Crippen molar-refractivity contribution in [1.82, 2.24) is 9.29 Å². The Labute approximate surface area is 158 Å². The summed E-state index contributed by atoms with van der Waals surface area (Å²) in [6.07, 6.45) is 6.57. The summed E-state index contributed by atoms with van der Waals surface area (Å²) in [7, 11) is -1.87. The van der Waals surface area contributed by atoms with Crippen molar-refractivity contribution in [1.29, 1.82) is 0 Å². The van der Waals surface area contributed by atoms with Gasteiger partial charge in [-0.3, -0.25) is 0 Å². The molecule has 1 aliphatic rings. The highest BCUT2D eigenvalue weighted by molar-refractivity contribution is 7.98. The molecule has 2 aromatic rings.